The number of carbonyl (C=O) groups excluding carboxylic acids is 2. The van der Waals surface area contributed by atoms with Crippen molar-refractivity contribution in [3.8, 4) is 0 Å². The molecule has 0 saturated heterocycles. The number of hydrogen-bond donors (Lipinski definition) is 2. The number of hydrogen-bond acceptors (Lipinski definition) is 3. The molecule has 5 nitrogen and oxygen atoms in total. The van der Waals surface area contributed by atoms with Gasteiger partial charge in [0.05, 0.1) is 5.69 Å². The van der Waals surface area contributed by atoms with Gasteiger partial charge in [0.25, 0.3) is 11.8 Å². The van der Waals surface area contributed by atoms with E-state index in [9.17, 15) is 18.4 Å². The van der Waals surface area contributed by atoms with Crippen molar-refractivity contribution in [3.63, 3.8) is 0 Å². The number of nitrogens with zero attached hydrogens (tertiary/aromatic N) is 1. The Labute approximate surface area is 154 Å². The molecule has 2 aromatic carbocycles. The minimum absolute atomic E-state index is 0.0735. The van der Waals surface area contributed by atoms with Crippen LogP contribution in [0.2, 0.25) is 0 Å². The molecule has 7 heteroatoms. The fourth-order valence-electron chi connectivity index (χ4n) is 2.40. The lowest BCUT2D eigenvalue weighted by Crippen LogP contribution is -2.17. The van der Waals surface area contributed by atoms with Gasteiger partial charge in [0.15, 0.2) is 0 Å². The van der Waals surface area contributed by atoms with E-state index in [-0.39, 0.29) is 16.9 Å². The van der Waals surface area contributed by atoms with Crippen molar-refractivity contribution < 1.29 is 18.4 Å². The van der Waals surface area contributed by atoms with E-state index in [0.29, 0.717) is 11.8 Å². The number of aromatic nitrogens is 1. The molecule has 0 radical (unpaired) electrons. The zero-order valence-corrected chi connectivity index (χ0v) is 14.3. The summed E-state index contributed by atoms with van der Waals surface area (Å²) in [5.74, 6) is -2.79. The Morgan fingerprint density at radius 3 is 2.48 bits per heavy atom. The Morgan fingerprint density at radius 2 is 1.74 bits per heavy atom. The number of amides is 2. The zero-order valence-electron chi connectivity index (χ0n) is 14.3. The van der Waals surface area contributed by atoms with E-state index in [1.54, 1.807) is 6.07 Å². The van der Waals surface area contributed by atoms with Gasteiger partial charge in [-0.15, -0.1) is 0 Å². The van der Waals surface area contributed by atoms with Gasteiger partial charge in [-0.3, -0.25) is 14.6 Å². The molecule has 0 atom stereocenters. The van der Waals surface area contributed by atoms with Crippen LogP contribution in [0.25, 0.3) is 0 Å². The lowest BCUT2D eigenvalue weighted by Gasteiger charge is -2.08. The van der Waals surface area contributed by atoms with E-state index in [1.165, 1.54) is 18.3 Å². The van der Waals surface area contributed by atoms with Gasteiger partial charge >= 0.3 is 0 Å². The maximum absolute atomic E-state index is 13.7. The number of halogens is 2. The Morgan fingerprint density at radius 1 is 0.926 bits per heavy atom. The van der Waals surface area contributed by atoms with Gasteiger partial charge in [-0.25, -0.2) is 8.78 Å². The summed E-state index contributed by atoms with van der Waals surface area (Å²) in [5, 5.41) is 5.03. The van der Waals surface area contributed by atoms with E-state index < -0.39 is 23.4 Å². The van der Waals surface area contributed by atoms with Crippen LogP contribution < -0.4 is 10.6 Å². The molecule has 1 aromatic heterocycles. The van der Waals surface area contributed by atoms with Gasteiger partial charge in [-0.2, -0.15) is 0 Å². The topological polar surface area (TPSA) is 71.1 Å². The van der Waals surface area contributed by atoms with Crippen molar-refractivity contribution in [2.45, 2.75) is 6.92 Å². The molecule has 0 spiro atoms. The molecule has 3 rings (SSSR count). The third kappa shape index (κ3) is 4.52. The quantitative estimate of drug-likeness (QED) is 0.727. The fraction of sp³-hybridized carbons (Fsp3) is 0.0500. The van der Waals surface area contributed by atoms with Gasteiger partial charge in [-0.1, -0.05) is 12.1 Å². The van der Waals surface area contributed by atoms with Gasteiger partial charge in [0.1, 0.15) is 17.3 Å². The maximum atomic E-state index is 13.7. The number of rotatable bonds is 4. The van der Waals surface area contributed by atoms with Crippen LogP contribution in [0.1, 0.15) is 26.4 Å². The summed E-state index contributed by atoms with van der Waals surface area (Å²) in [6.07, 6.45) is 1.31. The predicted molar refractivity (Wildman–Crippen MR) is 97.7 cm³/mol. The van der Waals surface area contributed by atoms with Gasteiger partial charge < -0.3 is 10.6 Å². The normalized spacial score (nSPS) is 10.3. The van der Waals surface area contributed by atoms with Crippen LogP contribution >= 0.6 is 0 Å². The van der Waals surface area contributed by atoms with Crippen molar-refractivity contribution in [2.24, 2.45) is 0 Å². The largest absolute Gasteiger partial charge is 0.322 e. The third-order valence-electron chi connectivity index (χ3n) is 3.71. The number of anilines is 2. The van der Waals surface area contributed by atoms with Crippen molar-refractivity contribution in [2.75, 3.05) is 10.6 Å². The second kappa shape index (κ2) is 7.74. The molecule has 0 aliphatic heterocycles. The van der Waals surface area contributed by atoms with Crippen molar-refractivity contribution in [1.82, 2.24) is 4.98 Å². The molecule has 0 saturated carbocycles. The highest BCUT2D eigenvalue weighted by Crippen LogP contribution is 2.16. The number of nitrogens with one attached hydrogen (secondary N) is 2. The van der Waals surface area contributed by atoms with E-state index in [1.807, 2.05) is 25.1 Å². The Kier molecular flexibility index (Phi) is 5.21. The van der Waals surface area contributed by atoms with Crippen molar-refractivity contribution in [1.29, 1.82) is 0 Å². The van der Waals surface area contributed by atoms with Crippen LogP contribution in [-0.2, 0) is 0 Å². The highest BCUT2D eigenvalue weighted by Gasteiger charge is 2.14. The number of benzene rings is 2. The van der Waals surface area contributed by atoms with Crippen LogP contribution in [0.4, 0.5) is 20.2 Å². The van der Waals surface area contributed by atoms with Crippen LogP contribution in [0, 0.1) is 18.6 Å². The minimum Gasteiger partial charge on any atom is -0.322 e. The predicted octanol–water partition coefficient (Wildman–Crippen LogP) is 4.17. The molecule has 2 N–H and O–H groups in total. The first-order valence-corrected chi connectivity index (χ1v) is 8.03. The Bertz CT molecular complexity index is 1020. The van der Waals surface area contributed by atoms with Crippen LogP contribution in [-0.4, -0.2) is 16.8 Å². The molecule has 1 heterocycles. The summed E-state index contributed by atoms with van der Waals surface area (Å²) in [6, 6.07) is 12.8. The molecule has 27 heavy (non-hydrogen) atoms. The average molecular weight is 367 g/mol. The summed E-state index contributed by atoms with van der Waals surface area (Å²) >= 11 is 0. The molecule has 0 aliphatic carbocycles. The SMILES string of the molecule is Cc1cccc(NC(=O)c2ccnc(C(=O)Nc3ccc(F)cc3F)c2)c1. The van der Waals surface area contributed by atoms with Crippen molar-refractivity contribution >= 4 is 23.2 Å². The molecular formula is C20H15F2N3O2. The van der Waals surface area contributed by atoms with Crippen LogP contribution in [0.3, 0.4) is 0 Å². The number of pyridine rings is 1. The zero-order chi connectivity index (χ0) is 19.4. The average Bonchev–Trinajstić information content (AvgIpc) is 2.64. The smallest absolute Gasteiger partial charge is 0.274 e. The van der Waals surface area contributed by atoms with Gasteiger partial charge in [0.2, 0.25) is 0 Å². The number of carbonyl (C=O) groups is 2. The lowest BCUT2D eigenvalue weighted by molar-refractivity contribution is 0.102. The summed E-state index contributed by atoms with van der Waals surface area (Å²) in [4.78, 5) is 28.5. The Hall–Kier alpha value is -3.61. The molecule has 0 unspecified atom stereocenters. The Balaban J connectivity index is 1.76. The number of aryl methyl sites for hydroxylation is 1. The molecular weight excluding hydrogens is 352 g/mol. The monoisotopic (exact) mass is 367 g/mol. The summed E-state index contributed by atoms with van der Waals surface area (Å²) in [5.41, 5.74) is 1.57. The summed E-state index contributed by atoms with van der Waals surface area (Å²) < 4.78 is 26.6. The highest BCUT2D eigenvalue weighted by molar-refractivity contribution is 6.07. The standard InChI is InChI=1S/C20H15F2N3O2/c1-12-3-2-4-15(9-12)24-19(26)13-7-8-23-18(10-13)20(27)25-17-6-5-14(21)11-16(17)22/h2-11H,1H3,(H,24,26)(H,25,27). The lowest BCUT2D eigenvalue weighted by atomic mass is 10.2. The second-order valence-corrected chi connectivity index (χ2v) is 5.83. The first-order valence-electron chi connectivity index (χ1n) is 8.03. The summed E-state index contributed by atoms with van der Waals surface area (Å²) in [6.45, 7) is 1.90. The fourth-order valence-corrected chi connectivity index (χ4v) is 2.40. The van der Waals surface area contributed by atoms with E-state index in [4.69, 9.17) is 0 Å². The van der Waals surface area contributed by atoms with E-state index in [0.717, 1.165) is 17.7 Å². The van der Waals surface area contributed by atoms with E-state index in [2.05, 4.69) is 15.6 Å². The third-order valence-corrected chi connectivity index (χ3v) is 3.71. The highest BCUT2D eigenvalue weighted by atomic mass is 19.1. The molecule has 3 aromatic rings. The molecule has 0 bridgehead atoms. The van der Waals surface area contributed by atoms with Gasteiger partial charge in [0, 0.05) is 23.5 Å². The molecule has 2 amide bonds. The van der Waals surface area contributed by atoms with Crippen LogP contribution in [0.15, 0.2) is 60.8 Å². The molecule has 0 fully saturated rings. The maximum Gasteiger partial charge on any atom is 0.274 e. The second-order valence-electron chi connectivity index (χ2n) is 5.83. The minimum atomic E-state index is -0.906. The van der Waals surface area contributed by atoms with Crippen LogP contribution in [0.5, 0.6) is 0 Å². The first-order chi connectivity index (χ1) is 12.9. The van der Waals surface area contributed by atoms with Crippen molar-refractivity contribution in [3.05, 3.63) is 89.2 Å². The molecule has 136 valence electrons. The first kappa shape index (κ1) is 18.2. The summed E-state index contributed by atoms with van der Waals surface area (Å²) in [7, 11) is 0. The van der Waals surface area contributed by atoms with E-state index >= 15 is 0 Å². The molecule has 0 aliphatic rings. The van der Waals surface area contributed by atoms with Gasteiger partial charge in [-0.05, 0) is 48.9 Å².